The third-order valence-electron chi connectivity index (χ3n) is 7.80. The van der Waals surface area contributed by atoms with Gasteiger partial charge in [-0.2, -0.15) is 0 Å². The number of methoxy groups -OCH3 is 1. The lowest BCUT2D eigenvalue weighted by atomic mass is 9.62. The second-order valence-electron chi connectivity index (χ2n) is 10.0. The monoisotopic (exact) mass is 528 g/mol. The SMILES string of the molecule is COc1ccccc1-n1c(SCc2ccc(Cl)cc2)nc2c(c1=O)C1(CCCCC1)Cc1ccccc1-2. The van der Waals surface area contributed by atoms with Crippen molar-refractivity contribution in [1.29, 1.82) is 0 Å². The lowest BCUT2D eigenvalue weighted by Crippen LogP contribution is -2.43. The average Bonchev–Trinajstić information content (AvgIpc) is 2.93. The maximum atomic E-state index is 14.7. The van der Waals surface area contributed by atoms with Gasteiger partial charge in [0, 0.05) is 21.8 Å². The number of hydrogen-bond donors (Lipinski definition) is 0. The standard InChI is InChI=1S/C31H29ClN2O2S/c1-36-26-12-6-5-11-25(26)34-29(35)27-28(33-30(34)37-20-21-13-15-23(32)16-14-21)24-10-4-3-9-22(24)19-31(27)17-7-2-8-18-31/h3-6,9-16H,2,7-8,17-20H2,1H3. The van der Waals surface area contributed by atoms with Crippen molar-refractivity contribution >= 4 is 23.4 Å². The first kappa shape index (κ1) is 24.3. The summed E-state index contributed by atoms with van der Waals surface area (Å²) < 4.78 is 7.51. The van der Waals surface area contributed by atoms with Crippen molar-refractivity contribution in [3.05, 3.63) is 105 Å². The van der Waals surface area contributed by atoms with Crippen LogP contribution in [-0.2, 0) is 17.6 Å². The molecule has 1 spiro atoms. The molecule has 0 bridgehead atoms. The fourth-order valence-electron chi connectivity index (χ4n) is 6.04. The van der Waals surface area contributed by atoms with Gasteiger partial charge in [-0.1, -0.05) is 91.2 Å². The molecule has 4 nitrogen and oxygen atoms in total. The van der Waals surface area contributed by atoms with Crippen LogP contribution in [-0.4, -0.2) is 16.7 Å². The van der Waals surface area contributed by atoms with Crippen LogP contribution >= 0.6 is 23.4 Å². The summed E-state index contributed by atoms with van der Waals surface area (Å²) in [6.07, 6.45) is 6.45. The Morgan fingerprint density at radius 2 is 1.70 bits per heavy atom. The lowest BCUT2D eigenvalue weighted by Gasteiger charge is -2.42. The van der Waals surface area contributed by atoms with Gasteiger partial charge in [-0.25, -0.2) is 4.98 Å². The van der Waals surface area contributed by atoms with Crippen LogP contribution in [0, 0.1) is 0 Å². The first-order valence-electron chi connectivity index (χ1n) is 12.9. The van der Waals surface area contributed by atoms with Gasteiger partial charge in [0.05, 0.1) is 24.1 Å². The number of fused-ring (bicyclic) bond motifs is 4. The number of hydrogen-bond acceptors (Lipinski definition) is 4. The Balaban J connectivity index is 1.59. The van der Waals surface area contributed by atoms with Crippen molar-refractivity contribution in [3.8, 4) is 22.7 Å². The summed E-state index contributed by atoms with van der Waals surface area (Å²) >= 11 is 7.68. The zero-order valence-electron chi connectivity index (χ0n) is 20.9. The van der Waals surface area contributed by atoms with Crippen molar-refractivity contribution in [2.24, 2.45) is 0 Å². The van der Waals surface area contributed by atoms with Gasteiger partial charge in [0.25, 0.3) is 5.56 Å². The van der Waals surface area contributed by atoms with Gasteiger partial charge in [-0.15, -0.1) is 0 Å². The molecule has 0 N–H and O–H groups in total. The quantitative estimate of drug-likeness (QED) is 0.197. The Kier molecular flexibility index (Phi) is 6.60. The molecule has 1 aromatic heterocycles. The molecule has 1 heterocycles. The summed E-state index contributed by atoms with van der Waals surface area (Å²) in [7, 11) is 1.65. The van der Waals surface area contributed by atoms with Crippen molar-refractivity contribution in [2.45, 2.75) is 54.8 Å². The molecule has 3 aromatic carbocycles. The van der Waals surface area contributed by atoms with E-state index in [4.69, 9.17) is 21.3 Å². The molecule has 188 valence electrons. The van der Waals surface area contributed by atoms with E-state index in [0.717, 1.165) is 60.2 Å². The van der Waals surface area contributed by atoms with Crippen LogP contribution in [0.1, 0.15) is 48.8 Å². The van der Waals surface area contributed by atoms with Crippen LogP contribution in [0.2, 0.25) is 5.02 Å². The fraction of sp³-hybridized carbons (Fsp3) is 0.290. The first-order valence-corrected chi connectivity index (χ1v) is 14.2. The van der Waals surface area contributed by atoms with E-state index in [-0.39, 0.29) is 11.0 Å². The molecule has 0 aliphatic heterocycles. The van der Waals surface area contributed by atoms with Crippen LogP contribution in [0.5, 0.6) is 5.75 Å². The molecule has 1 saturated carbocycles. The van der Waals surface area contributed by atoms with Crippen molar-refractivity contribution in [1.82, 2.24) is 9.55 Å². The van der Waals surface area contributed by atoms with Gasteiger partial charge in [0.15, 0.2) is 5.16 Å². The van der Waals surface area contributed by atoms with E-state index in [2.05, 4.69) is 24.3 Å². The van der Waals surface area contributed by atoms with E-state index >= 15 is 0 Å². The van der Waals surface area contributed by atoms with Crippen LogP contribution in [0.15, 0.2) is 82.7 Å². The summed E-state index contributed by atoms with van der Waals surface area (Å²) in [5.74, 6) is 1.33. The minimum absolute atomic E-state index is 0.0320. The Hall–Kier alpha value is -3.02. The first-order chi connectivity index (χ1) is 18.1. The molecule has 0 radical (unpaired) electrons. The number of para-hydroxylation sites is 2. The van der Waals surface area contributed by atoms with Gasteiger partial charge in [0.1, 0.15) is 5.75 Å². The molecule has 2 aliphatic carbocycles. The maximum Gasteiger partial charge on any atom is 0.263 e. The maximum absolute atomic E-state index is 14.7. The van der Waals surface area contributed by atoms with Crippen LogP contribution in [0.25, 0.3) is 16.9 Å². The second kappa shape index (κ2) is 10.0. The van der Waals surface area contributed by atoms with Crippen molar-refractivity contribution in [2.75, 3.05) is 7.11 Å². The second-order valence-corrected chi connectivity index (χ2v) is 11.4. The Morgan fingerprint density at radius 1 is 0.973 bits per heavy atom. The highest BCUT2D eigenvalue weighted by Crippen LogP contribution is 2.49. The summed E-state index contributed by atoms with van der Waals surface area (Å²) in [6.45, 7) is 0. The predicted molar refractivity (Wildman–Crippen MR) is 151 cm³/mol. The van der Waals surface area contributed by atoms with E-state index in [9.17, 15) is 4.79 Å². The topological polar surface area (TPSA) is 44.1 Å². The Labute approximate surface area is 226 Å². The molecular formula is C31H29ClN2O2S. The average molecular weight is 529 g/mol. The molecule has 6 rings (SSSR count). The molecular weight excluding hydrogens is 500 g/mol. The van der Waals surface area contributed by atoms with Crippen LogP contribution < -0.4 is 10.3 Å². The largest absolute Gasteiger partial charge is 0.495 e. The van der Waals surface area contributed by atoms with Gasteiger partial charge in [0.2, 0.25) is 0 Å². The van der Waals surface area contributed by atoms with E-state index in [0.29, 0.717) is 21.7 Å². The predicted octanol–water partition coefficient (Wildman–Crippen LogP) is 7.61. The number of aromatic nitrogens is 2. The molecule has 6 heteroatoms. The smallest absolute Gasteiger partial charge is 0.263 e. The van der Waals surface area contributed by atoms with E-state index in [1.54, 1.807) is 23.4 Å². The van der Waals surface area contributed by atoms with E-state index < -0.39 is 0 Å². The van der Waals surface area contributed by atoms with Crippen LogP contribution in [0.4, 0.5) is 0 Å². The third kappa shape index (κ3) is 4.38. The molecule has 2 aliphatic rings. The highest BCUT2D eigenvalue weighted by atomic mass is 35.5. The summed E-state index contributed by atoms with van der Waals surface area (Å²) in [6, 6.07) is 24.1. The molecule has 37 heavy (non-hydrogen) atoms. The summed E-state index contributed by atoms with van der Waals surface area (Å²) in [5, 5.41) is 1.38. The highest BCUT2D eigenvalue weighted by molar-refractivity contribution is 7.98. The van der Waals surface area contributed by atoms with Crippen molar-refractivity contribution < 1.29 is 4.74 Å². The fourth-order valence-corrected chi connectivity index (χ4v) is 7.12. The summed E-state index contributed by atoms with van der Waals surface area (Å²) in [5.41, 5.74) is 5.84. The molecule has 0 atom stereocenters. The highest BCUT2D eigenvalue weighted by Gasteiger charge is 2.43. The summed E-state index contributed by atoms with van der Waals surface area (Å²) in [4.78, 5) is 20.0. The molecule has 0 amide bonds. The molecule has 4 aromatic rings. The minimum Gasteiger partial charge on any atom is -0.495 e. The zero-order chi connectivity index (χ0) is 25.4. The van der Waals surface area contributed by atoms with Gasteiger partial charge in [-0.3, -0.25) is 9.36 Å². The molecule has 0 unspecified atom stereocenters. The number of benzene rings is 3. The number of nitrogens with zero attached hydrogens (tertiary/aromatic N) is 2. The number of halogens is 1. The lowest BCUT2D eigenvalue weighted by molar-refractivity contribution is 0.283. The minimum atomic E-state index is -0.171. The number of rotatable bonds is 5. The molecule has 0 saturated heterocycles. The Bertz CT molecular complexity index is 1510. The zero-order valence-corrected chi connectivity index (χ0v) is 22.4. The number of thioether (sulfide) groups is 1. The van der Waals surface area contributed by atoms with Crippen molar-refractivity contribution in [3.63, 3.8) is 0 Å². The Morgan fingerprint density at radius 3 is 2.49 bits per heavy atom. The third-order valence-corrected chi connectivity index (χ3v) is 9.06. The van der Waals surface area contributed by atoms with E-state index in [1.165, 1.54) is 12.0 Å². The number of ether oxygens (including phenoxy) is 1. The normalized spacial score (nSPS) is 15.7. The van der Waals surface area contributed by atoms with Gasteiger partial charge >= 0.3 is 0 Å². The van der Waals surface area contributed by atoms with Crippen LogP contribution in [0.3, 0.4) is 0 Å². The molecule has 1 fully saturated rings. The van der Waals surface area contributed by atoms with Gasteiger partial charge < -0.3 is 4.74 Å². The van der Waals surface area contributed by atoms with Gasteiger partial charge in [-0.05, 0) is 54.7 Å². The van der Waals surface area contributed by atoms with E-state index in [1.807, 2.05) is 48.5 Å².